The summed E-state index contributed by atoms with van der Waals surface area (Å²) in [5.74, 6) is 1.89. The van der Waals surface area contributed by atoms with Gasteiger partial charge in [-0.05, 0) is 35.0 Å². The van der Waals surface area contributed by atoms with Crippen LogP contribution in [0.25, 0.3) is 17.0 Å². The third kappa shape index (κ3) is 1.98. The first-order chi connectivity index (χ1) is 9.20. The van der Waals surface area contributed by atoms with Crippen LogP contribution >= 0.6 is 15.9 Å². The van der Waals surface area contributed by atoms with Crippen LogP contribution in [0.5, 0.6) is 5.88 Å². The number of hydrogen-bond donors (Lipinski definition) is 0. The van der Waals surface area contributed by atoms with Gasteiger partial charge in [-0.25, -0.2) is 9.97 Å². The molecule has 0 bridgehead atoms. The summed E-state index contributed by atoms with van der Waals surface area (Å²) in [6, 6.07) is 7.89. The standard InChI is InChI=1S/C13H11BrN4O/c1-8-16-10-5-3-4-6-11(10)18(8)13-15-7-9(14)12(17-13)19-2/h3-7H,1-2H3. The van der Waals surface area contributed by atoms with Gasteiger partial charge in [0.15, 0.2) is 0 Å². The minimum absolute atomic E-state index is 0.502. The molecule has 0 saturated heterocycles. The van der Waals surface area contributed by atoms with Gasteiger partial charge in [0.05, 0.1) is 28.8 Å². The minimum atomic E-state index is 0.502. The van der Waals surface area contributed by atoms with Gasteiger partial charge in [-0.2, -0.15) is 4.98 Å². The first-order valence-corrected chi connectivity index (χ1v) is 6.51. The van der Waals surface area contributed by atoms with Gasteiger partial charge in [0.2, 0.25) is 11.8 Å². The molecule has 0 N–H and O–H groups in total. The van der Waals surface area contributed by atoms with E-state index in [1.807, 2.05) is 35.8 Å². The fraction of sp³-hybridized carbons (Fsp3) is 0.154. The van der Waals surface area contributed by atoms with Gasteiger partial charge in [0.25, 0.3) is 0 Å². The monoisotopic (exact) mass is 318 g/mol. The van der Waals surface area contributed by atoms with E-state index in [0.29, 0.717) is 11.8 Å². The molecular formula is C13H11BrN4O. The molecule has 2 heterocycles. The van der Waals surface area contributed by atoms with Crippen LogP contribution in [-0.4, -0.2) is 26.6 Å². The maximum absolute atomic E-state index is 5.20. The predicted molar refractivity (Wildman–Crippen MR) is 75.6 cm³/mol. The lowest BCUT2D eigenvalue weighted by atomic mass is 10.3. The maximum atomic E-state index is 5.20. The normalized spacial score (nSPS) is 10.9. The predicted octanol–water partition coefficient (Wildman–Crippen LogP) is 2.90. The molecule has 2 aromatic heterocycles. The molecule has 5 nitrogen and oxygen atoms in total. The average molecular weight is 319 g/mol. The van der Waals surface area contributed by atoms with Gasteiger partial charge in [-0.15, -0.1) is 0 Å². The van der Waals surface area contributed by atoms with Crippen LogP contribution in [0.3, 0.4) is 0 Å². The molecule has 0 fully saturated rings. The Bertz CT molecular complexity index is 753. The summed E-state index contributed by atoms with van der Waals surface area (Å²) in [5, 5.41) is 0. The SMILES string of the molecule is COc1nc(-n2c(C)nc3ccccc32)ncc1Br. The van der Waals surface area contributed by atoms with Crippen LogP contribution in [0.4, 0.5) is 0 Å². The number of benzene rings is 1. The third-order valence-electron chi connectivity index (χ3n) is 2.82. The van der Waals surface area contributed by atoms with E-state index in [9.17, 15) is 0 Å². The molecular weight excluding hydrogens is 308 g/mol. The Morgan fingerprint density at radius 1 is 1.21 bits per heavy atom. The molecule has 0 aliphatic carbocycles. The van der Waals surface area contributed by atoms with Gasteiger partial charge >= 0.3 is 0 Å². The zero-order valence-corrected chi connectivity index (χ0v) is 12.0. The Labute approximate surface area is 118 Å². The van der Waals surface area contributed by atoms with Gasteiger partial charge in [-0.3, -0.25) is 4.57 Å². The van der Waals surface area contributed by atoms with E-state index in [1.165, 1.54) is 0 Å². The highest BCUT2D eigenvalue weighted by atomic mass is 79.9. The second-order valence-corrected chi connectivity index (χ2v) is 4.86. The summed E-state index contributed by atoms with van der Waals surface area (Å²) in [6.07, 6.45) is 1.68. The Kier molecular flexibility index (Phi) is 2.94. The number of ether oxygens (including phenoxy) is 1. The first kappa shape index (κ1) is 12.1. The molecule has 0 aliphatic heterocycles. The molecule has 0 atom stereocenters. The quantitative estimate of drug-likeness (QED) is 0.729. The van der Waals surface area contributed by atoms with E-state index >= 15 is 0 Å². The van der Waals surface area contributed by atoms with Crippen molar-refractivity contribution >= 4 is 27.0 Å². The number of aromatic nitrogens is 4. The molecule has 96 valence electrons. The molecule has 0 saturated carbocycles. The third-order valence-corrected chi connectivity index (χ3v) is 3.37. The highest BCUT2D eigenvalue weighted by Gasteiger charge is 2.13. The van der Waals surface area contributed by atoms with Gasteiger partial charge in [-0.1, -0.05) is 12.1 Å². The van der Waals surface area contributed by atoms with Crippen LogP contribution in [0.1, 0.15) is 5.82 Å². The number of rotatable bonds is 2. The first-order valence-electron chi connectivity index (χ1n) is 5.71. The molecule has 3 rings (SSSR count). The van der Waals surface area contributed by atoms with Gasteiger partial charge < -0.3 is 4.74 Å². The number of halogens is 1. The van der Waals surface area contributed by atoms with Crippen molar-refractivity contribution in [3.63, 3.8) is 0 Å². The van der Waals surface area contributed by atoms with E-state index < -0.39 is 0 Å². The van der Waals surface area contributed by atoms with E-state index in [-0.39, 0.29) is 0 Å². The van der Waals surface area contributed by atoms with Crippen LogP contribution in [0.2, 0.25) is 0 Å². The molecule has 6 heteroatoms. The van der Waals surface area contributed by atoms with Crippen molar-refractivity contribution in [2.75, 3.05) is 7.11 Å². The van der Waals surface area contributed by atoms with Gasteiger partial charge in [0.1, 0.15) is 5.82 Å². The lowest BCUT2D eigenvalue weighted by Gasteiger charge is -2.07. The second kappa shape index (κ2) is 4.62. The number of fused-ring (bicyclic) bond motifs is 1. The Balaban J connectivity index is 2.27. The largest absolute Gasteiger partial charge is 0.480 e. The van der Waals surface area contributed by atoms with Crippen LogP contribution < -0.4 is 4.74 Å². The Morgan fingerprint density at radius 2 is 2.00 bits per heavy atom. The lowest BCUT2D eigenvalue weighted by molar-refractivity contribution is 0.393. The molecule has 3 aromatic rings. The summed E-state index contributed by atoms with van der Waals surface area (Å²) in [6.45, 7) is 1.93. The van der Waals surface area contributed by atoms with Crippen molar-refractivity contribution in [2.24, 2.45) is 0 Å². The van der Waals surface area contributed by atoms with Crippen LogP contribution in [0.15, 0.2) is 34.9 Å². The van der Waals surface area contributed by atoms with Crippen LogP contribution in [-0.2, 0) is 0 Å². The fourth-order valence-electron chi connectivity index (χ4n) is 1.99. The number of aryl methyl sites for hydroxylation is 1. The number of para-hydroxylation sites is 2. The van der Waals surface area contributed by atoms with Crippen molar-refractivity contribution in [2.45, 2.75) is 6.92 Å². The lowest BCUT2D eigenvalue weighted by Crippen LogP contribution is -2.04. The molecule has 0 radical (unpaired) electrons. The van der Waals surface area contributed by atoms with E-state index in [1.54, 1.807) is 13.3 Å². The highest BCUT2D eigenvalue weighted by Crippen LogP contribution is 2.24. The smallest absolute Gasteiger partial charge is 0.238 e. The zero-order valence-electron chi connectivity index (χ0n) is 10.5. The summed E-state index contributed by atoms with van der Waals surface area (Å²) in [7, 11) is 1.58. The van der Waals surface area contributed by atoms with Crippen molar-refractivity contribution < 1.29 is 4.74 Å². The summed E-state index contributed by atoms with van der Waals surface area (Å²) in [5.41, 5.74) is 1.90. The average Bonchev–Trinajstić information content (AvgIpc) is 2.75. The number of hydrogen-bond acceptors (Lipinski definition) is 4. The van der Waals surface area contributed by atoms with E-state index in [2.05, 4.69) is 30.9 Å². The summed E-state index contributed by atoms with van der Waals surface area (Å²) >= 11 is 3.35. The Hall–Kier alpha value is -1.95. The summed E-state index contributed by atoms with van der Waals surface area (Å²) in [4.78, 5) is 13.2. The number of imidazole rings is 1. The highest BCUT2D eigenvalue weighted by molar-refractivity contribution is 9.10. The van der Waals surface area contributed by atoms with Gasteiger partial charge in [0, 0.05) is 0 Å². The Morgan fingerprint density at radius 3 is 2.79 bits per heavy atom. The van der Waals surface area contributed by atoms with Crippen LogP contribution in [0, 0.1) is 6.92 Å². The topological polar surface area (TPSA) is 52.8 Å². The minimum Gasteiger partial charge on any atom is -0.480 e. The van der Waals surface area contributed by atoms with Crippen molar-refractivity contribution in [1.29, 1.82) is 0 Å². The fourth-order valence-corrected chi connectivity index (χ4v) is 2.35. The molecule has 19 heavy (non-hydrogen) atoms. The maximum Gasteiger partial charge on any atom is 0.238 e. The molecule has 0 unspecified atom stereocenters. The van der Waals surface area contributed by atoms with Crippen molar-refractivity contribution in [3.8, 4) is 11.8 Å². The molecule has 0 amide bonds. The van der Waals surface area contributed by atoms with E-state index in [0.717, 1.165) is 21.3 Å². The number of nitrogens with zero attached hydrogens (tertiary/aromatic N) is 4. The van der Waals surface area contributed by atoms with Crippen molar-refractivity contribution in [1.82, 2.24) is 19.5 Å². The molecule has 1 aromatic carbocycles. The number of methoxy groups -OCH3 is 1. The molecule has 0 aliphatic rings. The summed E-state index contributed by atoms with van der Waals surface area (Å²) < 4.78 is 7.83. The van der Waals surface area contributed by atoms with E-state index in [4.69, 9.17) is 4.74 Å². The van der Waals surface area contributed by atoms with Crippen molar-refractivity contribution in [3.05, 3.63) is 40.8 Å². The molecule has 0 spiro atoms. The second-order valence-electron chi connectivity index (χ2n) is 4.01. The zero-order chi connectivity index (χ0) is 13.4.